The molecule has 0 aliphatic carbocycles. The minimum atomic E-state index is -4.66. The van der Waals surface area contributed by atoms with Crippen LogP contribution in [0, 0.1) is 5.92 Å². The first-order valence-corrected chi connectivity index (χ1v) is 15.1. The molecule has 216 valence electrons. The number of rotatable bonds is 6. The van der Waals surface area contributed by atoms with Crippen LogP contribution >= 0.6 is 34.4 Å². The van der Waals surface area contributed by atoms with E-state index < -0.39 is 51.4 Å². The summed E-state index contributed by atoms with van der Waals surface area (Å²) in [5.74, 6) is -2.79. The molecule has 1 fully saturated rings. The van der Waals surface area contributed by atoms with E-state index in [2.05, 4.69) is 5.32 Å². The first-order valence-electron chi connectivity index (χ1n) is 12.5. The maximum atomic E-state index is 13.8. The number of fused-ring (bicyclic) bond motifs is 2. The van der Waals surface area contributed by atoms with E-state index in [0.717, 1.165) is 51.1 Å². The molecule has 0 radical (unpaired) electrons. The number of thiophene rings is 1. The van der Waals surface area contributed by atoms with Gasteiger partial charge < -0.3 is 10.1 Å². The van der Waals surface area contributed by atoms with E-state index in [1.165, 1.54) is 29.1 Å². The van der Waals surface area contributed by atoms with Crippen LogP contribution in [0.25, 0.3) is 0 Å². The van der Waals surface area contributed by atoms with Gasteiger partial charge in [0.1, 0.15) is 17.5 Å². The highest BCUT2D eigenvalue weighted by atomic mass is 32.2. The second-order valence-electron chi connectivity index (χ2n) is 9.52. The number of anilines is 2. The average molecular weight is 632 g/mol. The van der Waals surface area contributed by atoms with Gasteiger partial charge in [-0.3, -0.25) is 23.7 Å². The zero-order valence-corrected chi connectivity index (χ0v) is 24.0. The summed E-state index contributed by atoms with van der Waals surface area (Å²) in [6.45, 7) is -0.336. The molecule has 3 amide bonds. The van der Waals surface area contributed by atoms with E-state index in [1.807, 2.05) is 0 Å². The molecular weight excluding hydrogens is 612 g/mol. The smallest absolute Gasteiger partial charge is 0.416 e. The predicted octanol–water partition coefficient (Wildman–Crippen LogP) is 5.43. The molecule has 2 aromatic heterocycles. The van der Waals surface area contributed by atoms with E-state index >= 15 is 0 Å². The van der Waals surface area contributed by atoms with Gasteiger partial charge in [0.15, 0.2) is 0 Å². The van der Waals surface area contributed by atoms with Crippen LogP contribution in [0.3, 0.4) is 0 Å². The molecule has 14 heteroatoms. The Kier molecular flexibility index (Phi) is 7.23. The summed E-state index contributed by atoms with van der Waals surface area (Å²) in [6.07, 6.45) is -4.66. The van der Waals surface area contributed by atoms with Gasteiger partial charge in [-0.1, -0.05) is 35.2 Å². The Balaban J connectivity index is 1.36. The molecule has 0 spiro atoms. The molecule has 0 bridgehead atoms. The predicted molar refractivity (Wildman–Crippen MR) is 153 cm³/mol. The first kappa shape index (κ1) is 28.2. The van der Waals surface area contributed by atoms with Crippen LogP contribution in [0.4, 0.5) is 24.5 Å². The van der Waals surface area contributed by atoms with E-state index in [1.54, 1.807) is 41.8 Å². The van der Waals surface area contributed by atoms with Crippen molar-refractivity contribution in [3.63, 3.8) is 0 Å². The number of alkyl halides is 3. The van der Waals surface area contributed by atoms with Gasteiger partial charge >= 0.3 is 11.0 Å². The number of methoxy groups -OCH3 is 1. The summed E-state index contributed by atoms with van der Waals surface area (Å²) in [5, 5.41) is 3.93. The van der Waals surface area contributed by atoms with Crippen molar-refractivity contribution in [2.75, 3.05) is 17.3 Å². The maximum absolute atomic E-state index is 13.8. The normalized spacial score (nSPS) is 19.9. The van der Waals surface area contributed by atoms with Crippen molar-refractivity contribution in [1.82, 2.24) is 4.57 Å². The van der Waals surface area contributed by atoms with Gasteiger partial charge in [0, 0.05) is 21.4 Å². The number of carbonyl (C=O) groups excluding carboxylic acids is 3. The Hall–Kier alpha value is -3.88. The number of thiazole rings is 1. The molecule has 6 rings (SSSR count). The molecule has 42 heavy (non-hydrogen) atoms. The first-order chi connectivity index (χ1) is 20.1. The molecule has 4 aromatic rings. The molecule has 8 nitrogen and oxygen atoms in total. The zero-order chi connectivity index (χ0) is 29.8. The third-order valence-electron chi connectivity index (χ3n) is 7.01. The number of hydrogen-bond donors (Lipinski definition) is 1. The Labute approximate surface area is 248 Å². The number of nitrogens with zero attached hydrogens (tertiary/aromatic N) is 2. The highest BCUT2D eigenvalue weighted by Crippen LogP contribution is 2.54. The van der Waals surface area contributed by atoms with Gasteiger partial charge in [-0.2, -0.15) is 13.2 Å². The van der Waals surface area contributed by atoms with E-state index in [4.69, 9.17) is 4.74 Å². The molecule has 1 N–H and O–H groups in total. The summed E-state index contributed by atoms with van der Waals surface area (Å²) in [6, 6.07) is 14.3. The highest BCUT2D eigenvalue weighted by molar-refractivity contribution is 8.00. The lowest BCUT2D eigenvalue weighted by Crippen LogP contribution is -2.32. The lowest BCUT2D eigenvalue weighted by Gasteiger charge is -2.29. The van der Waals surface area contributed by atoms with Crippen LogP contribution in [0.1, 0.15) is 21.2 Å². The minimum absolute atomic E-state index is 0.167. The van der Waals surface area contributed by atoms with Crippen LogP contribution in [-0.2, 0) is 27.1 Å². The molecule has 0 saturated carbocycles. The molecule has 0 unspecified atom stereocenters. The number of amides is 3. The number of benzene rings is 2. The average Bonchev–Trinajstić information content (AvgIpc) is 3.66. The fourth-order valence-electron chi connectivity index (χ4n) is 5.12. The Morgan fingerprint density at radius 1 is 1.02 bits per heavy atom. The summed E-state index contributed by atoms with van der Waals surface area (Å²) < 4.78 is 46.7. The number of nitrogens with one attached hydrogen (secondary N) is 1. The summed E-state index contributed by atoms with van der Waals surface area (Å²) in [5.41, 5.74) is -0.649. The summed E-state index contributed by atoms with van der Waals surface area (Å²) in [7, 11) is 1.52. The van der Waals surface area contributed by atoms with Crippen LogP contribution < -0.4 is 19.8 Å². The monoisotopic (exact) mass is 631 g/mol. The van der Waals surface area contributed by atoms with Crippen molar-refractivity contribution in [3.8, 4) is 5.75 Å². The van der Waals surface area contributed by atoms with Crippen molar-refractivity contribution >= 4 is 63.5 Å². The molecule has 1 saturated heterocycles. The van der Waals surface area contributed by atoms with Gasteiger partial charge in [-0.05, 0) is 53.9 Å². The molecular formula is C28H20F3N3O5S3. The van der Waals surface area contributed by atoms with Gasteiger partial charge in [-0.25, -0.2) is 4.90 Å². The molecule has 2 aromatic carbocycles. The summed E-state index contributed by atoms with van der Waals surface area (Å²) >= 11 is 3.24. The third kappa shape index (κ3) is 4.92. The Morgan fingerprint density at radius 3 is 2.45 bits per heavy atom. The SMILES string of the molecule is COc1ccc(NC(=O)Cn2c3c(sc2=O)[C@@H](c2cccs2)[C@@H]2C(=O)N(c4cccc(C(F)(F)F)c4)C(=O)[C@@H]2S3)cc1. The van der Waals surface area contributed by atoms with Gasteiger partial charge in [0.2, 0.25) is 17.7 Å². The fraction of sp³-hybridized carbons (Fsp3) is 0.214. The summed E-state index contributed by atoms with van der Waals surface area (Å²) in [4.78, 5) is 55.3. The van der Waals surface area contributed by atoms with Crippen LogP contribution in [0.2, 0.25) is 0 Å². The number of halogens is 3. The maximum Gasteiger partial charge on any atom is 0.416 e. The van der Waals surface area contributed by atoms with Crippen molar-refractivity contribution < 1.29 is 32.3 Å². The second kappa shape index (κ2) is 10.7. The zero-order valence-electron chi connectivity index (χ0n) is 21.6. The molecule has 2 aliphatic rings. The number of aromatic nitrogens is 1. The van der Waals surface area contributed by atoms with Gasteiger partial charge in [0.05, 0.1) is 29.3 Å². The lowest BCUT2D eigenvalue weighted by atomic mass is 9.87. The van der Waals surface area contributed by atoms with Gasteiger partial charge in [0.25, 0.3) is 0 Å². The largest absolute Gasteiger partial charge is 0.497 e. The van der Waals surface area contributed by atoms with Crippen molar-refractivity contribution in [2.45, 2.75) is 28.9 Å². The van der Waals surface area contributed by atoms with Crippen LogP contribution in [0.5, 0.6) is 5.75 Å². The number of hydrogen-bond acceptors (Lipinski definition) is 8. The fourth-order valence-corrected chi connectivity index (χ4v) is 8.85. The number of carbonyl (C=O) groups is 3. The Morgan fingerprint density at radius 2 is 1.79 bits per heavy atom. The minimum Gasteiger partial charge on any atom is -0.497 e. The van der Waals surface area contributed by atoms with Gasteiger partial charge in [-0.15, -0.1) is 11.3 Å². The van der Waals surface area contributed by atoms with E-state index in [9.17, 15) is 32.3 Å². The van der Waals surface area contributed by atoms with Crippen LogP contribution in [0.15, 0.2) is 75.9 Å². The quantitative estimate of drug-likeness (QED) is 0.285. The van der Waals surface area contributed by atoms with Crippen molar-refractivity contribution in [2.24, 2.45) is 5.92 Å². The lowest BCUT2D eigenvalue weighted by molar-refractivity contribution is -0.137. The number of ether oxygens (including phenoxy) is 1. The van der Waals surface area contributed by atoms with Crippen LogP contribution in [-0.4, -0.2) is 34.6 Å². The topological polar surface area (TPSA) is 97.7 Å². The number of imide groups is 1. The third-order valence-corrected chi connectivity index (χ3v) is 10.6. The molecule has 3 atom stereocenters. The molecule has 2 aliphatic heterocycles. The van der Waals surface area contributed by atoms with Crippen molar-refractivity contribution in [1.29, 1.82) is 0 Å². The van der Waals surface area contributed by atoms with E-state index in [0.29, 0.717) is 21.3 Å². The second-order valence-corrected chi connectivity index (χ2v) is 12.6. The van der Waals surface area contributed by atoms with Crippen molar-refractivity contribution in [3.05, 3.63) is 91.0 Å². The Bertz CT molecular complexity index is 1750. The highest BCUT2D eigenvalue weighted by Gasteiger charge is 2.57. The standard InChI is InChI=1S/C28H20F3N3O5S3/c1-39-17-9-7-15(8-10-17)32-19(35)13-33-26-23(42-27(33)38)20(18-6-3-11-40-18)21-22(41-26)25(37)34(24(21)36)16-5-2-4-14(12-16)28(29,30)31/h2-12,20-22H,13H2,1H3,(H,32,35)/t20-,21-,22+/m0/s1. The number of thioether (sulfide) groups is 1. The van der Waals surface area contributed by atoms with E-state index in [-0.39, 0.29) is 12.2 Å². The molecule has 4 heterocycles.